The molecule has 2 heteroatoms. The molecule has 0 radical (unpaired) electrons. The van der Waals surface area contributed by atoms with Crippen LogP contribution >= 0.6 is 0 Å². The summed E-state index contributed by atoms with van der Waals surface area (Å²) >= 11 is 0. The molecule has 0 fully saturated rings. The Morgan fingerprint density at radius 3 is 2.55 bits per heavy atom. The van der Waals surface area contributed by atoms with Gasteiger partial charge in [0.2, 0.25) is 0 Å². The second-order valence-corrected chi connectivity index (χ2v) is 5.01. The van der Waals surface area contributed by atoms with Gasteiger partial charge in [-0.3, -0.25) is 0 Å². The Balaban J connectivity index is 1.88. The Morgan fingerprint density at radius 1 is 0.850 bits per heavy atom. The highest BCUT2D eigenvalue weighted by atomic mass is 15.0. The van der Waals surface area contributed by atoms with E-state index in [2.05, 4.69) is 70.2 Å². The van der Waals surface area contributed by atoms with Crippen molar-refractivity contribution in [3.05, 3.63) is 84.3 Å². The van der Waals surface area contributed by atoms with Gasteiger partial charge in [-0.2, -0.15) is 0 Å². The van der Waals surface area contributed by atoms with Crippen molar-refractivity contribution >= 4 is 16.4 Å². The lowest BCUT2D eigenvalue weighted by Crippen LogP contribution is -1.94. The van der Waals surface area contributed by atoms with E-state index < -0.39 is 0 Å². The van der Waals surface area contributed by atoms with Gasteiger partial charge in [0.25, 0.3) is 0 Å². The van der Waals surface area contributed by atoms with Crippen LogP contribution in [-0.4, -0.2) is 9.38 Å². The van der Waals surface area contributed by atoms with Gasteiger partial charge in [-0.05, 0) is 17.0 Å². The molecule has 0 aliphatic carbocycles. The first-order valence-corrected chi connectivity index (χ1v) is 6.79. The van der Waals surface area contributed by atoms with Gasteiger partial charge in [-0.15, -0.1) is 0 Å². The van der Waals surface area contributed by atoms with Crippen LogP contribution in [0.25, 0.3) is 16.4 Å². The molecular weight excluding hydrogens is 244 g/mol. The largest absolute Gasteiger partial charge is 0.303 e. The van der Waals surface area contributed by atoms with Crippen molar-refractivity contribution in [2.45, 2.75) is 6.42 Å². The molecule has 4 aromatic rings. The maximum absolute atomic E-state index is 4.61. The minimum atomic E-state index is 0.903. The van der Waals surface area contributed by atoms with Crippen LogP contribution in [0.5, 0.6) is 0 Å². The van der Waals surface area contributed by atoms with Crippen LogP contribution in [0.4, 0.5) is 0 Å². The van der Waals surface area contributed by atoms with Crippen LogP contribution in [0.3, 0.4) is 0 Å². The quantitative estimate of drug-likeness (QED) is 0.529. The van der Waals surface area contributed by atoms with Gasteiger partial charge in [0.15, 0.2) is 0 Å². The molecule has 0 saturated heterocycles. The third kappa shape index (κ3) is 1.77. The molecule has 0 amide bonds. The molecule has 0 aliphatic rings. The third-order valence-corrected chi connectivity index (χ3v) is 3.71. The predicted octanol–water partition coefficient (Wildman–Crippen LogP) is 4.08. The summed E-state index contributed by atoms with van der Waals surface area (Å²) in [5.74, 6) is 0. The topological polar surface area (TPSA) is 17.3 Å². The van der Waals surface area contributed by atoms with Crippen molar-refractivity contribution in [3.8, 4) is 0 Å². The molecule has 2 heterocycles. The Hall–Kier alpha value is -2.61. The van der Waals surface area contributed by atoms with Gasteiger partial charge >= 0.3 is 0 Å². The zero-order valence-electron chi connectivity index (χ0n) is 11.0. The Kier molecular flexibility index (Phi) is 2.52. The van der Waals surface area contributed by atoms with Crippen molar-refractivity contribution in [2.75, 3.05) is 0 Å². The van der Waals surface area contributed by atoms with E-state index in [4.69, 9.17) is 0 Å². The molecule has 20 heavy (non-hydrogen) atoms. The normalized spacial score (nSPS) is 11.2. The maximum atomic E-state index is 4.61. The molecular formula is C18H14N2. The first kappa shape index (κ1) is 11.2. The lowest BCUT2D eigenvalue weighted by Gasteiger charge is -2.04. The van der Waals surface area contributed by atoms with E-state index in [1.54, 1.807) is 0 Å². The van der Waals surface area contributed by atoms with Gasteiger partial charge in [-0.25, -0.2) is 4.98 Å². The minimum absolute atomic E-state index is 0.903. The molecule has 0 N–H and O–H groups in total. The lowest BCUT2D eigenvalue weighted by atomic mass is 10.1. The summed E-state index contributed by atoms with van der Waals surface area (Å²) in [6.07, 6.45) is 5.00. The highest BCUT2D eigenvalue weighted by Gasteiger charge is 2.06. The number of rotatable bonds is 2. The summed E-state index contributed by atoms with van der Waals surface area (Å²) in [7, 11) is 0. The number of pyridine rings is 1. The molecule has 0 unspecified atom stereocenters. The number of hydrogen-bond acceptors (Lipinski definition) is 1. The molecule has 0 aliphatic heterocycles. The number of imidazole rings is 1. The summed E-state index contributed by atoms with van der Waals surface area (Å²) in [4.78, 5) is 4.61. The average Bonchev–Trinajstić information content (AvgIpc) is 2.92. The first-order valence-electron chi connectivity index (χ1n) is 6.79. The first-order chi connectivity index (χ1) is 9.92. The minimum Gasteiger partial charge on any atom is -0.303 e. The van der Waals surface area contributed by atoms with E-state index in [-0.39, 0.29) is 0 Å². The van der Waals surface area contributed by atoms with Gasteiger partial charge in [0.1, 0.15) is 5.65 Å². The number of fused-ring (bicyclic) bond motifs is 3. The number of nitrogens with zero attached hydrogens (tertiary/aromatic N) is 2. The second-order valence-electron chi connectivity index (χ2n) is 5.01. The zero-order chi connectivity index (χ0) is 13.4. The molecule has 2 nitrogen and oxygen atoms in total. The average molecular weight is 258 g/mol. The molecule has 2 aromatic heterocycles. The van der Waals surface area contributed by atoms with Crippen molar-refractivity contribution in [2.24, 2.45) is 0 Å². The second kappa shape index (κ2) is 4.49. The highest BCUT2D eigenvalue weighted by Crippen LogP contribution is 2.21. The van der Waals surface area contributed by atoms with Crippen LogP contribution < -0.4 is 0 Å². The van der Waals surface area contributed by atoms with Crippen molar-refractivity contribution in [1.29, 1.82) is 0 Å². The van der Waals surface area contributed by atoms with Crippen LogP contribution in [0.1, 0.15) is 11.3 Å². The number of aromatic nitrogens is 2. The van der Waals surface area contributed by atoms with E-state index in [9.17, 15) is 0 Å². The zero-order valence-corrected chi connectivity index (χ0v) is 11.0. The fourth-order valence-electron chi connectivity index (χ4n) is 2.70. The SMILES string of the molecule is c1ccc(Cc2cnc3c4ccccc4ccn23)cc1. The van der Waals surface area contributed by atoms with Gasteiger partial charge < -0.3 is 4.40 Å². The summed E-state index contributed by atoms with van der Waals surface area (Å²) in [5, 5.41) is 2.44. The van der Waals surface area contributed by atoms with E-state index in [0.717, 1.165) is 12.1 Å². The van der Waals surface area contributed by atoms with E-state index in [1.807, 2.05) is 12.3 Å². The summed E-state index contributed by atoms with van der Waals surface area (Å²) in [5.41, 5.74) is 3.56. The summed E-state index contributed by atoms with van der Waals surface area (Å²) < 4.78 is 2.19. The van der Waals surface area contributed by atoms with Crippen LogP contribution in [-0.2, 0) is 6.42 Å². The molecule has 0 saturated carbocycles. The number of benzene rings is 2. The molecule has 96 valence electrons. The Bertz CT molecular complexity index is 876. The van der Waals surface area contributed by atoms with Crippen LogP contribution in [0, 0.1) is 0 Å². The third-order valence-electron chi connectivity index (χ3n) is 3.71. The molecule has 0 atom stereocenters. The summed E-state index contributed by atoms with van der Waals surface area (Å²) in [6, 6.07) is 21.0. The Morgan fingerprint density at radius 2 is 1.65 bits per heavy atom. The van der Waals surface area contributed by atoms with Crippen LogP contribution in [0.2, 0.25) is 0 Å². The van der Waals surface area contributed by atoms with Crippen LogP contribution in [0.15, 0.2) is 73.1 Å². The van der Waals surface area contributed by atoms with Gasteiger partial charge in [0.05, 0.1) is 0 Å². The van der Waals surface area contributed by atoms with Crippen molar-refractivity contribution in [3.63, 3.8) is 0 Å². The van der Waals surface area contributed by atoms with Crippen molar-refractivity contribution in [1.82, 2.24) is 9.38 Å². The predicted molar refractivity (Wildman–Crippen MR) is 81.9 cm³/mol. The smallest absolute Gasteiger partial charge is 0.144 e. The summed E-state index contributed by atoms with van der Waals surface area (Å²) in [6.45, 7) is 0. The molecule has 0 bridgehead atoms. The van der Waals surface area contributed by atoms with Gasteiger partial charge in [0, 0.05) is 29.9 Å². The Labute approximate surface area is 117 Å². The van der Waals surface area contributed by atoms with E-state index in [0.29, 0.717) is 0 Å². The fraction of sp³-hybridized carbons (Fsp3) is 0.0556. The number of hydrogen-bond donors (Lipinski definition) is 0. The lowest BCUT2D eigenvalue weighted by molar-refractivity contribution is 1.03. The maximum Gasteiger partial charge on any atom is 0.144 e. The molecule has 2 aromatic carbocycles. The van der Waals surface area contributed by atoms with Crippen molar-refractivity contribution < 1.29 is 0 Å². The monoisotopic (exact) mass is 258 g/mol. The van der Waals surface area contributed by atoms with E-state index >= 15 is 0 Å². The molecule has 4 rings (SSSR count). The standard InChI is InChI=1S/C18H14N2/c1-2-6-14(7-3-1)12-16-13-19-18-17-9-5-4-8-15(17)10-11-20(16)18/h1-11,13H,12H2. The highest BCUT2D eigenvalue weighted by molar-refractivity contribution is 5.93. The van der Waals surface area contributed by atoms with E-state index in [1.165, 1.54) is 22.0 Å². The fourth-order valence-corrected chi connectivity index (χ4v) is 2.70. The molecule has 0 spiro atoms. The van der Waals surface area contributed by atoms with Gasteiger partial charge in [-0.1, -0.05) is 54.6 Å².